The first-order chi connectivity index (χ1) is 13.8. The second kappa shape index (κ2) is 10.7. The summed E-state index contributed by atoms with van der Waals surface area (Å²) in [5, 5.41) is -0.0374. The maximum absolute atomic E-state index is 12.0. The lowest BCUT2D eigenvalue weighted by Crippen LogP contribution is -2.34. The van der Waals surface area contributed by atoms with Gasteiger partial charge in [-0.25, -0.2) is 0 Å². The molecular formula is C21H21Cl2F3O4. The fraction of sp³-hybridized carbons (Fsp3) is 0.333. The number of alkyl halides is 3. The fourth-order valence-electron chi connectivity index (χ4n) is 2.65. The zero-order valence-electron chi connectivity index (χ0n) is 16.4. The van der Waals surface area contributed by atoms with Crippen molar-refractivity contribution >= 4 is 35.1 Å². The molecule has 1 aliphatic carbocycles. The highest BCUT2D eigenvalue weighted by atomic mass is 35.5. The molecule has 0 saturated heterocycles. The van der Waals surface area contributed by atoms with Gasteiger partial charge in [-0.3, -0.25) is 9.59 Å². The van der Waals surface area contributed by atoms with Crippen LogP contribution in [0.3, 0.4) is 0 Å². The average molecular weight is 465 g/mol. The fourth-order valence-corrected chi connectivity index (χ4v) is 3.18. The molecule has 1 aromatic rings. The predicted octanol–water partition coefficient (Wildman–Crippen LogP) is 6.18. The van der Waals surface area contributed by atoms with Gasteiger partial charge in [-0.2, -0.15) is 13.2 Å². The molecule has 30 heavy (non-hydrogen) atoms. The van der Waals surface area contributed by atoms with E-state index in [0.29, 0.717) is 23.1 Å². The first-order valence-electron chi connectivity index (χ1n) is 8.70. The van der Waals surface area contributed by atoms with Gasteiger partial charge in [0, 0.05) is 23.4 Å². The van der Waals surface area contributed by atoms with Crippen LogP contribution in [0.2, 0.25) is 10.0 Å². The van der Waals surface area contributed by atoms with Crippen LogP contribution < -0.4 is 0 Å². The number of ether oxygens (including phenoxy) is 2. The second-order valence-corrected chi connectivity index (χ2v) is 7.22. The Bertz CT molecular complexity index is 842. The van der Waals surface area contributed by atoms with E-state index in [0.717, 1.165) is 12.1 Å². The normalized spacial score (nSPS) is 19.0. The molecule has 1 saturated carbocycles. The van der Waals surface area contributed by atoms with Crippen LogP contribution in [0, 0.1) is 5.92 Å². The second-order valence-electron chi connectivity index (χ2n) is 6.35. The number of benzene rings is 1. The first kappa shape index (κ1) is 25.8. The number of carbonyl (C=O) groups is 2. The van der Waals surface area contributed by atoms with Gasteiger partial charge in [-0.05, 0) is 41.8 Å². The SMILES string of the molecule is C=C1CC(OC(C)=O)C(=C)C(C(=O)OCC)C1=C.FC(F)(F)c1cc(Cl)cc(Cl)c1. The minimum atomic E-state index is -4.39. The van der Waals surface area contributed by atoms with E-state index >= 15 is 0 Å². The number of rotatable bonds is 3. The smallest absolute Gasteiger partial charge is 0.416 e. The molecule has 1 fully saturated rings. The number of hydrogen-bond donors (Lipinski definition) is 0. The summed E-state index contributed by atoms with van der Waals surface area (Å²) in [5.74, 6) is -1.51. The highest BCUT2D eigenvalue weighted by molar-refractivity contribution is 6.34. The van der Waals surface area contributed by atoms with E-state index in [1.165, 1.54) is 13.0 Å². The van der Waals surface area contributed by atoms with Gasteiger partial charge < -0.3 is 9.47 Å². The Morgan fingerprint density at radius 2 is 1.67 bits per heavy atom. The molecule has 0 spiro atoms. The Hall–Kier alpha value is -2.25. The molecule has 0 N–H and O–H groups in total. The maximum atomic E-state index is 12.0. The van der Waals surface area contributed by atoms with Crippen molar-refractivity contribution in [1.82, 2.24) is 0 Å². The van der Waals surface area contributed by atoms with Gasteiger partial charge in [0.15, 0.2) is 0 Å². The summed E-state index contributed by atoms with van der Waals surface area (Å²) >= 11 is 10.7. The van der Waals surface area contributed by atoms with Gasteiger partial charge in [0.2, 0.25) is 0 Å². The predicted molar refractivity (Wildman–Crippen MR) is 109 cm³/mol. The summed E-state index contributed by atoms with van der Waals surface area (Å²) in [6.45, 7) is 14.8. The maximum Gasteiger partial charge on any atom is 0.416 e. The van der Waals surface area contributed by atoms with Gasteiger partial charge in [0.05, 0.1) is 12.2 Å². The van der Waals surface area contributed by atoms with Crippen molar-refractivity contribution in [3.05, 3.63) is 70.3 Å². The third-order valence-corrected chi connectivity index (χ3v) is 4.48. The molecule has 164 valence electrons. The summed E-state index contributed by atoms with van der Waals surface area (Å²) in [7, 11) is 0. The largest absolute Gasteiger partial charge is 0.465 e. The molecule has 0 aromatic heterocycles. The lowest BCUT2D eigenvalue weighted by Gasteiger charge is -2.33. The Morgan fingerprint density at radius 1 is 1.13 bits per heavy atom. The zero-order valence-corrected chi connectivity index (χ0v) is 18.0. The van der Waals surface area contributed by atoms with Crippen LogP contribution in [0.5, 0.6) is 0 Å². The number of carbonyl (C=O) groups excluding carboxylic acids is 2. The molecule has 2 atom stereocenters. The lowest BCUT2D eigenvalue weighted by molar-refractivity contribution is -0.150. The standard InChI is InChI=1S/C14H18O4.C7H3Cl2F3/c1-6-17-14(16)13-9(3)8(2)7-12(10(13)4)18-11(5)15;8-5-1-4(7(10,11)12)2-6(9)3-5/h12-13H,2-4,6-7H2,1,5H3;1-3H. The highest BCUT2D eigenvalue weighted by Gasteiger charge is 2.38. The van der Waals surface area contributed by atoms with E-state index in [1.54, 1.807) is 6.92 Å². The van der Waals surface area contributed by atoms with E-state index in [2.05, 4.69) is 19.7 Å². The molecule has 1 aliphatic rings. The average Bonchev–Trinajstić information content (AvgIpc) is 2.59. The molecule has 0 amide bonds. The summed E-state index contributed by atoms with van der Waals surface area (Å²) < 4.78 is 46.2. The number of halogens is 5. The monoisotopic (exact) mass is 464 g/mol. The van der Waals surface area contributed by atoms with Crippen LogP contribution in [0.25, 0.3) is 0 Å². The third-order valence-electron chi connectivity index (χ3n) is 4.04. The molecule has 9 heteroatoms. The van der Waals surface area contributed by atoms with Crippen molar-refractivity contribution in [2.75, 3.05) is 6.61 Å². The van der Waals surface area contributed by atoms with Crippen molar-refractivity contribution in [2.24, 2.45) is 5.92 Å². The summed E-state index contributed by atoms with van der Waals surface area (Å²) in [6, 6.07) is 2.90. The third kappa shape index (κ3) is 7.22. The van der Waals surface area contributed by atoms with Crippen LogP contribution in [-0.4, -0.2) is 24.6 Å². The van der Waals surface area contributed by atoms with E-state index in [9.17, 15) is 22.8 Å². The molecule has 2 unspecified atom stereocenters. The van der Waals surface area contributed by atoms with E-state index in [4.69, 9.17) is 32.7 Å². The summed E-state index contributed by atoms with van der Waals surface area (Å²) in [6.07, 6.45) is -4.50. The minimum absolute atomic E-state index is 0.0187. The zero-order chi connectivity index (χ0) is 23.2. The van der Waals surface area contributed by atoms with E-state index in [-0.39, 0.29) is 16.7 Å². The Kier molecular flexibility index (Phi) is 9.18. The van der Waals surface area contributed by atoms with Crippen molar-refractivity contribution in [3.63, 3.8) is 0 Å². The number of hydrogen-bond acceptors (Lipinski definition) is 4. The molecule has 2 rings (SSSR count). The van der Waals surface area contributed by atoms with Crippen LogP contribution >= 0.6 is 23.2 Å². The van der Waals surface area contributed by atoms with Gasteiger partial charge in [-0.15, -0.1) is 0 Å². The molecular weight excluding hydrogens is 444 g/mol. The first-order valence-corrected chi connectivity index (χ1v) is 9.46. The summed E-state index contributed by atoms with van der Waals surface area (Å²) in [5.41, 5.74) is 0.939. The van der Waals surface area contributed by atoms with Gasteiger partial charge in [0.25, 0.3) is 0 Å². The van der Waals surface area contributed by atoms with Crippen LogP contribution in [0.1, 0.15) is 25.8 Å². The molecule has 1 aromatic carbocycles. The Balaban J connectivity index is 0.000000325. The van der Waals surface area contributed by atoms with E-state index < -0.39 is 35.7 Å². The van der Waals surface area contributed by atoms with Crippen LogP contribution in [-0.2, 0) is 25.2 Å². The lowest BCUT2D eigenvalue weighted by atomic mass is 9.77. The van der Waals surface area contributed by atoms with Crippen molar-refractivity contribution < 1.29 is 32.2 Å². The van der Waals surface area contributed by atoms with Gasteiger partial charge in [0.1, 0.15) is 12.0 Å². The molecule has 4 nitrogen and oxygen atoms in total. The Morgan fingerprint density at radius 3 is 2.10 bits per heavy atom. The Labute approximate surface area is 182 Å². The van der Waals surface area contributed by atoms with Crippen molar-refractivity contribution in [3.8, 4) is 0 Å². The van der Waals surface area contributed by atoms with Gasteiger partial charge in [-0.1, -0.05) is 42.9 Å². The van der Waals surface area contributed by atoms with Crippen LogP contribution in [0.15, 0.2) is 54.7 Å². The molecule has 0 heterocycles. The number of esters is 2. The van der Waals surface area contributed by atoms with Crippen molar-refractivity contribution in [1.29, 1.82) is 0 Å². The van der Waals surface area contributed by atoms with Gasteiger partial charge >= 0.3 is 18.1 Å². The topological polar surface area (TPSA) is 52.6 Å². The molecule has 0 bridgehead atoms. The quantitative estimate of drug-likeness (QED) is 0.395. The van der Waals surface area contributed by atoms with Crippen LogP contribution in [0.4, 0.5) is 13.2 Å². The molecule has 0 radical (unpaired) electrons. The van der Waals surface area contributed by atoms with Crippen molar-refractivity contribution in [2.45, 2.75) is 32.5 Å². The molecule has 0 aliphatic heterocycles. The summed E-state index contributed by atoms with van der Waals surface area (Å²) in [4.78, 5) is 22.9. The van der Waals surface area contributed by atoms with E-state index in [1.807, 2.05) is 0 Å². The minimum Gasteiger partial charge on any atom is -0.465 e. The highest BCUT2D eigenvalue weighted by Crippen LogP contribution is 2.37.